The molecule has 0 unspecified atom stereocenters. The number of benzene rings is 1. The summed E-state index contributed by atoms with van der Waals surface area (Å²) in [6, 6.07) is 1.78. The lowest BCUT2D eigenvalue weighted by molar-refractivity contribution is -0.436. The number of hydrogen-bond acceptors (Lipinski definition) is 5. The molecule has 1 rings (SSSR count). The first-order valence-corrected chi connectivity index (χ1v) is 7.73. The number of non-ortho nitro benzene ring substituents is 1. The fourth-order valence-corrected chi connectivity index (χ4v) is 1.90. The standard InChI is InChI=1S/C14H6F13N3O4/c15-9(16,8(32)29-28-4-5-3-6(30(33)34)1-2-7(5)31)10(17,18)11(19,20)12(21,22)13(23,24)14(25,26)27/h1-4,31H,(H,29,32). The van der Waals surface area contributed by atoms with Crippen LogP contribution in [0.15, 0.2) is 23.3 Å². The summed E-state index contributed by atoms with van der Waals surface area (Å²) in [5, 5.41) is 22.4. The maximum Gasteiger partial charge on any atom is 0.460 e. The molecule has 2 N–H and O–H groups in total. The second-order valence-corrected chi connectivity index (χ2v) is 6.07. The minimum absolute atomic E-state index is 0.0407. The predicted molar refractivity (Wildman–Crippen MR) is 81.3 cm³/mol. The molecule has 192 valence electrons. The number of phenolic OH excluding ortho intramolecular Hbond substituents is 1. The van der Waals surface area contributed by atoms with Crippen LogP contribution >= 0.6 is 0 Å². The van der Waals surface area contributed by atoms with Gasteiger partial charge in [-0.3, -0.25) is 14.9 Å². The minimum Gasteiger partial charge on any atom is -0.507 e. The van der Waals surface area contributed by atoms with Gasteiger partial charge in [0.25, 0.3) is 5.69 Å². The van der Waals surface area contributed by atoms with Crippen LogP contribution in [0.5, 0.6) is 5.75 Å². The largest absolute Gasteiger partial charge is 0.507 e. The third kappa shape index (κ3) is 4.39. The van der Waals surface area contributed by atoms with Crippen LogP contribution in [0.2, 0.25) is 0 Å². The topological polar surface area (TPSA) is 105 Å². The molecule has 0 saturated heterocycles. The predicted octanol–water partition coefficient (Wildman–Crippen LogP) is 4.49. The van der Waals surface area contributed by atoms with Gasteiger partial charge in [0.05, 0.1) is 11.1 Å². The number of carbonyl (C=O) groups is 1. The van der Waals surface area contributed by atoms with Crippen molar-refractivity contribution >= 4 is 17.8 Å². The third-order valence-corrected chi connectivity index (χ3v) is 3.81. The third-order valence-electron chi connectivity index (χ3n) is 3.81. The Morgan fingerprint density at radius 2 is 1.35 bits per heavy atom. The van der Waals surface area contributed by atoms with Crippen LogP contribution in [0.1, 0.15) is 5.56 Å². The van der Waals surface area contributed by atoms with Gasteiger partial charge < -0.3 is 5.11 Å². The molecule has 0 fully saturated rings. The van der Waals surface area contributed by atoms with E-state index in [4.69, 9.17) is 0 Å². The zero-order chi connectivity index (χ0) is 27.1. The molecule has 34 heavy (non-hydrogen) atoms. The van der Waals surface area contributed by atoms with Crippen LogP contribution in [0, 0.1) is 10.1 Å². The van der Waals surface area contributed by atoms with Crippen LogP contribution in [-0.4, -0.2) is 57.9 Å². The minimum atomic E-state index is -8.18. The highest BCUT2D eigenvalue weighted by atomic mass is 19.4. The van der Waals surface area contributed by atoms with Crippen LogP contribution in [0.25, 0.3) is 0 Å². The number of alkyl halides is 13. The fourth-order valence-electron chi connectivity index (χ4n) is 1.90. The van der Waals surface area contributed by atoms with Crippen LogP contribution in [-0.2, 0) is 4.79 Å². The normalized spacial score (nSPS) is 14.4. The monoisotopic (exact) mass is 527 g/mol. The van der Waals surface area contributed by atoms with Gasteiger partial charge in [-0.1, -0.05) is 0 Å². The molecule has 0 saturated carbocycles. The highest BCUT2D eigenvalue weighted by Gasteiger charge is 2.91. The van der Waals surface area contributed by atoms with E-state index in [-0.39, 0.29) is 6.21 Å². The molecule has 0 bridgehead atoms. The van der Waals surface area contributed by atoms with Crippen molar-refractivity contribution in [3.8, 4) is 5.75 Å². The van der Waals surface area contributed by atoms with E-state index in [0.29, 0.717) is 23.6 Å². The Morgan fingerprint density at radius 1 is 0.882 bits per heavy atom. The Kier molecular flexibility index (Phi) is 7.13. The number of carbonyl (C=O) groups excluding carboxylic acids is 1. The highest BCUT2D eigenvalue weighted by Crippen LogP contribution is 2.60. The lowest BCUT2D eigenvalue weighted by Crippen LogP contribution is -2.71. The first kappa shape index (κ1) is 28.7. The zero-order valence-electron chi connectivity index (χ0n) is 15.3. The fraction of sp³-hybridized carbons (Fsp3) is 0.429. The van der Waals surface area contributed by atoms with E-state index in [9.17, 15) is 77.1 Å². The van der Waals surface area contributed by atoms with E-state index in [1.165, 1.54) is 0 Å². The Bertz CT molecular complexity index is 992. The lowest BCUT2D eigenvalue weighted by atomic mass is 9.93. The quantitative estimate of drug-likeness (QED) is 0.225. The van der Waals surface area contributed by atoms with Gasteiger partial charge in [0.1, 0.15) is 5.75 Å². The first-order chi connectivity index (χ1) is 15.0. The van der Waals surface area contributed by atoms with Crippen molar-refractivity contribution in [2.24, 2.45) is 5.10 Å². The SMILES string of the molecule is O=C(NN=Cc1cc([N+](=O)[O-])ccc1O)C(F)(F)C(F)(F)C(F)(F)C(F)(F)C(F)(F)C(F)(F)F. The molecule has 0 atom stereocenters. The summed E-state index contributed by atoms with van der Waals surface area (Å²) in [5.41, 5.74) is -1.18. The number of aromatic hydroxyl groups is 1. The number of nitrogens with one attached hydrogen (secondary N) is 1. The van der Waals surface area contributed by atoms with E-state index in [1.807, 2.05) is 0 Å². The summed E-state index contributed by atoms with van der Waals surface area (Å²) in [7, 11) is 0. The van der Waals surface area contributed by atoms with Crippen LogP contribution < -0.4 is 5.43 Å². The maximum atomic E-state index is 13.6. The average molecular weight is 527 g/mol. The van der Waals surface area contributed by atoms with Gasteiger partial charge in [-0.25, -0.2) is 5.43 Å². The highest BCUT2D eigenvalue weighted by molar-refractivity contribution is 5.88. The molecule has 1 aromatic carbocycles. The Hall–Kier alpha value is -3.35. The second kappa shape index (κ2) is 8.46. The Morgan fingerprint density at radius 3 is 1.79 bits per heavy atom. The molecule has 0 radical (unpaired) electrons. The number of nitrogens with zero attached hydrogens (tertiary/aromatic N) is 2. The number of amides is 1. The van der Waals surface area contributed by atoms with E-state index < -0.39 is 63.6 Å². The van der Waals surface area contributed by atoms with E-state index >= 15 is 0 Å². The van der Waals surface area contributed by atoms with E-state index in [2.05, 4.69) is 5.10 Å². The van der Waals surface area contributed by atoms with Gasteiger partial charge in [0.15, 0.2) is 0 Å². The van der Waals surface area contributed by atoms with Crippen molar-refractivity contribution in [3.63, 3.8) is 0 Å². The number of halogens is 13. The smallest absolute Gasteiger partial charge is 0.460 e. The Labute approximate surface area is 177 Å². The molecule has 0 heterocycles. The van der Waals surface area contributed by atoms with Crippen LogP contribution in [0.3, 0.4) is 0 Å². The number of phenols is 1. The molecule has 0 aliphatic rings. The molecule has 7 nitrogen and oxygen atoms in total. The van der Waals surface area contributed by atoms with E-state index in [1.54, 1.807) is 0 Å². The molecular weight excluding hydrogens is 521 g/mol. The number of hydrazone groups is 1. The molecule has 1 amide bonds. The van der Waals surface area contributed by atoms with Crippen molar-refractivity contribution in [1.82, 2.24) is 5.43 Å². The van der Waals surface area contributed by atoms with Crippen molar-refractivity contribution < 1.29 is 71.9 Å². The summed E-state index contributed by atoms with van der Waals surface area (Å²) < 4.78 is 168. The summed E-state index contributed by atoms with van der Waals surface area (Å²) in [5.74, 6) is -43.8. The number of nitro groups is 1. The molecular formula is C14H6F13N3O4. The molecule has 0 aromatic heterocycles. The first-order valence-electron chi connectivity index (χ1n) is 7.73. The maximum absolute atomic E-state index is 13.6. The average Bonchev–Trinajstić information content (AvgIpc) is 2.67. The van der Waals surface area contributed by atoms with Gasteiger partial charge >= 0.3 is 41.7 Å². The molecule has 20 heteroatoms. The van der Waals surface area contributed by atoms with Crippen molar-refractivity contribution in [2.45, 2.75) is 35.8 Å². The summed E-state index contributed by atoms with van der Waals surface area (Å²) >= 11 is 0. The van der Waals surface area contributed by atoms with Gasteiger partial charge in [0.2, 0.25) is 0 Å². The molecule has 0 spiro atoms. The Balaban J connectivity index is 3.29. The van der Waals surface area contributed by atoms with Crippen LogP contribution in [0.4, 0.5) is 62.8 Å². The zero-order valence-corrected chi connectivity index (χ0v) is 15.3. The molecule has 0 aliphatic heterocycles. The number of nitro benzene ring substituents is 1. The number of rotatable bonds is 8. The second-order valence-electron chi connectivity index (χ2n) is 6.07. The van der Waals surface area contributed by atoms with Crippen molar-refractivity contribution in [2.75, 3.05) is 0 Å². The van der Waals surface area contributed by atoms with Gasteiger partial charge in [-0.15, -0.1) is 0 Å². The molecule has 0 aliphatic carbocycles. The van der Waals surface area contributed by atoms with Gasteiger partial charge in [-0.2, -0.15) is 62.2 Å². The summed E-state index contributed by atoms with van der Waals surface area (Å²) in [6.45, 7) is 0. The van der Waals surface area contributed by atoms with Gasteiger partial charge in [-0.05, 0) is 6.07 Å². The van der Waals surface area contributed by atoms with Crippen molar-refractivity contribution in [3.05, 3.63) is 33.9 Å². The van der Waals surface area contributed by atoms with E-state index in [0.717, 1.165) is 0 Å². The summed E-state index contributed by atoms with van der Waals surface area (Å²) in [6.07, 6.45) is -7.56. The number of hydrogen-bond donors (Lipinski definition) is 2. The molecule has 1 aromatic rings. The summed E-state index contributed by atoms with van der Waals surface area (Å²) in [4.78, 5) is 20.7. The lowest BCUT2D eigenvalue weighted by Gasteiger charge is -2.38. The van der Waals surface area contributed by atoms with Gasteiger partial charge in [0, 0.05) is 17.7 Å². The van der Waals surface area contributed by atoms with Crippen molar-refractivity contribution in [1.29, 1.82) is 0 Å².